The van der Waals surface area contributed by atoms with Gasteiger partial charge in [-0.05, 0) is 70.4 Å². The van der Waals surface area contributed by atoms with Crippen LogP contribution in [0.25, 0.3) is 60.2 Å². The third-order valence-corrected chi connectivity index (χ3v) is 9.17. The highest BCUT2D eigenvalue weighted by Crippen LogP contribution is 2.40. The number of nitrogens with zero attached hydrogens (tertiary/aromatic N) is 2. The first-order chi connectivity index (χ1) is 22.8. The van der Waals surface area contributed by atoms with Crippen LogP contribution in [0.1, 0.15) is 0 Å². The van der Waals surface area contributed by atoms with Crippen LogP contribution in [0, 0.1) is 0 Å². The first kappa shape index (κ1) is 26.3. The van der Waals surface area contributed by atoms with Gasteiger partial charge in [-0.3, -0.25) is 0 Å². The van der Waals surface area contributed by atoms with Crippen LogP contribution < -0.4 is 4.90 Å². The molecule has 0 aliphatic heterocycles. The van der Waals surface area contributed by atoms with E-state index in [1.165, 1.54) is 60.2 Å². The minimum absolute atomic E-state index is 1.13. The lowest BCUT2D eigenvalue weighted by atomic mass is 10.0. The fourth-order valence-electron chi connectivity index (χ4n) is 7.01. The van der Waals surface area contributed by atoms with Gasteiger partial charge in [0.25, 0.3) is 0 Å². The molecule has 0 amide bonds. The van der Waals surface area contributed by atoms with Crippen LogP contribution in [-0.4, -0.2) is 4.57 Å². The second kappa shape index (κ2) is 10.8. The molecule has 1 heterocycles. The van der Waals surface area contributed by atoms with Gasteiger partial charge in [0.15, 0.2) is 0 Å². The number of anilines is 3. The quantitative estimate of drug-likeness (QED) is 0.195. The Morgan fingerprint density at radius 3 is 1.67 bits per heavy atom. The maximum absolute atomic E-state index is 2.42. The van der Waals surface area contributed by atoms with Gasteiger partial charge in [-0.1, -0.05) is 133 Å². The van der Waals surface area contributed by atoms with E-state index >= 15 is 0 Å². The van der Waals surface area contributed by atoms with E-state index in [9.17, 15) is 0 Å². The Labute approximate surface area is 268 Å². The second-order valence-electron chi connectivity index (χ2n) is 11.8. The van der Waals surface area contributed by atoms with Crippen LogP contribution in [0.3, 0.4) is 0 Å². The van der Waals surface area contributed by atoms with Gasteiger partial charge in [0, 0.05) is 38.6 Å². The molecule has 2 heteroatoms. The number of rotatable bonds is 5. The zero-order chi connectivity index (χ0) is 30.5. The lowest BCUT2D eigenvalue weighted by molar-refractivity contribution is 1.19. The number of para-hydroxylation sites is 2. The zero-order valence-electron chi connectivity index (χ0n) is 25.2. The summed E-state index contributed by atoms with van der Waals surface area (Å²) in [6.45, 7) is 0. The lowest BCUT2D eigenvalue weighted by Crippen LogP contribution is -2.10. The van der Waals surface area contributed by atoms with Crippen LogP contribution in [0.15, 0.2) is 182 Å². The predicted molar refractivity (Wildman–Crippen MR) is 196 cm³/mol. The topological polar surface area (TPSA) is 8.17 Å². The van der Waals surface area contributed by atoms with E-state index in [0.29, 0.717) is 0 Å². The normalized spacial score (nSPS) is 11.5. The molecule has 0 bridgehead atoms. The monoisotopic (exact) mass is 586 g/mol. The van der Waals surface area contributed by atoms with Gasteiger partial charge in [0.2, 0.25) is 0 Å². The standard InChI is InChI=1S/C44H30N2/c1-2-14-35(15-3-1)45(42-20-10-13-33-11-4-6-16-38(33)42)36-26-21-31(22-27-36)32-23-28-37(29-24-32)46-43-19-9-8-18-40(43)41-30-25-34-12-5-7-17-39(34)44(41)46/h1-30H. The van der Waals surface area contributed by atoms with Crippen LogP contribution in [0.4, 0.5) is 17.1 Å². The van der Waals surface area contributed by atoms with E-state index in [1.54, 1.807) is 0 Å². The Morgan fingerprint density at radius 1 is 0.348 bits per heavy atom. The Hall–Kier alpha value is -6.12. The zero-order valence-corrected chi connectivity index (χ0v) is 25.2. The predicted octanol–water partition coefficient (Wildman–Crippen LogP) is 12.2. The fourth-order valence-corrected chi connectivity index (χ4v) is 7.01. The number of hydrogen-bond acceptors (Lipinski definition) is 1. The van der Waals surface area contributed by atoms with E-state index in [2.05, 4.69) is 191 Å². The van der Waals surface area contributed by atoms with E-state index in [4.69, 9.17) is 0 Å². The summed E-state index contributed by atoms with van der Waals surface area (Å²) in [5, 5.41) is 7.54. The van der Waals surface area contributed by atoms with Crippen LogP contribution in [-0.2, 0) is 0 Å². The molecular weight excluding hydrogens is 556 g/mol. The molecular formula is C44H30N2. The first-order valence-corrected chi connectivity index (χ1v) is 15.8. The average molecular weight is 587 g/mol. The molecule has 0 atom stereocenters. The number of fused-ring (bicyclic) bond motifs is 6. The molecule has 9 aromatic rings. The molecule has 46 heavy (non-hydrogen) atoms. The van der Waals surface area contributed by atoms with Gasteiger partial charge in [-0.2, -0.15) is 0 Å². The third-order valence-electron chi connectivity index (χ3n) is 9.17. The number of hydrogen-bond donors (Lipinski definition) is 0. The lowest BCUT2D eigenvalue weighted by Gasteiger charge is -2.27. The maximum Gasteiger partial charge on any atom is 0.0619 e. The Morgan fingerprint density at radius 2 is 0.913 bits per heavy atom. The van der Waals surface area contributed by atoms with Crippen molar-refractivity contribution in [3.05, 3.63) is 182 Å². The van der Waals surface area contributed by atoms with E-state index in [1.807, 2.05) is 0 Å². The van der Waals surface area contributed by atoms with Gasteiger partial charge in [0.05, 0.1) is 16.7 Å². The van der Waals surface area contributed by atoms with Gasteiger partial charge >= 0.3 is 0 Å². The molecule has 0 N–H and O–H groups in total. The van der Waals surface area contributed by atoms with Crippen molar-refractivity contribution in [2.24, 2.45) is 0 Å². The number of aromatic nitrogens is 1. The molecule has 0 spiro atoms. The van der Waals surface area contributed by atoms with Crippen molar-refractivity contribution in [1.82, 2.24) is 4.57 Å². The van der Waals surface area contributed by atoms with Crippen LogP contribution in [0.2, 0.25) is 0 Å². The summed E-state index contributed by atoms with van der Waals surface area (Å²) in [5.41, 5.74) is 9.45. The molecule has 0 unspecified atom stereocenters. The van der Waals surface area contributed by atoms with E-state index < -0.39 is 0 Å². The number of benzene rings is 8. The highest BCUT2D eigenvalue weighted by molar-refractivity contribution is 6.18. The Bertz CT molecular complexity index is 2500. The van der Waals surface area contributed by atoms with Crippen molar-refractivity contribution < 1.29 is 0 Å². The van der Waals surface area contributed by atoms with E-state index in [0.717, 1.165) is 17.1 Å². The van der Waals surface area contributed by atoms with Gasteiger partial charge in [-0.25, -0.2) is 0 Å². The summed E-state index contributed by atoms with van der Waals surface area (Å²) in [7, 11) is 0. The summed E-state index contributed by atoms with van der Waals surface area (Å²) in [4.78, 5) is 2.35. The largest absolute Gasteiger partial charge is 0.310 e. The second-order valence-corrected chi connectivity index (χ2v) is 11.8. The summed E-state index contributed by atoms with van der Waals surface area (Å²) in [5.74, 6) is 0. The smallest absolute Gasteiger partial charge is 0.0619 e. The first-order valence-electron chi connectivity index (χ1n) is 15.8. The van der Waals surface area contributed by atoms with Gasteiger partial charge in [-0.15, -0.1) is 0 Å². The van der Waals surface area contributed by atoms with Crippen LogP contribution >= 0.6 is 0 Å². The molecule has 0 radical (unpaired) electrons. The van der Waals surface area contributed by atoms with E-state index in [-0.39, 0.29) is 0 Å². The SMILES string of the molecule is c1ccc(N(c2ccc(-c3ccc(-n4c5ccccc5c5ccc6ccccc6c54)cc3)cc2)c2cccc3ccccc23)cc1. The average Bonchev–Trinajstić information content (AvgIpc) is 3.48. The van der Waals surface area contributed by atoms with Crippen molar-refractivity contribution in [2.45, 2.75) is 0 Å². The van der Waals surface area contributed by atoms with Crippen molar-refractivity contribution in [2.75, 3.05) is 4.90 Å². The third kappa shape index (κ3) is 4.27. The van der Waals surface area contributed by atoms with Crippen molar-refractivity contribution in [1.29, 1.82) is 0 Å². The summed E-state index contributed by atoms with van der Waals surface area (Å²) in [6, 6.07) is 65.6. The van der Waals surface area contributed by atoms with Gasteiger partial charge < -0.3 is 9.47 Å². The maximum atomic E-state index is 2.42. The molecule has 1 aromatic heterocycles. The molecule has 8 aromatic carbocycles. The Balaban J connectivity index is 1.12. The van der Waals surface area contributed by atoms with Crippen LogP contribution in [0.5, 0.6) is 0 Å². The highest BCUT2D eigenvalue weighted by Gasteiger charge is 2.17. The summed E-state index contributed by atoms with van der Waals surface area (Å²) >= 11 is 0. The molecule has 0 saturated carbocycles. The molecule has 0 saturated heterocycles. The summed E-state index contributed by atoms with van der Waals surface area (Å²) < 4.78 is 2.42. The fraction of sp³-hybridized carbons (Fsp3) is 0. The minimum Gasteiger partial charge on any atom is -0.310 e. The minimum atomic E-state index is 1.13. The van der Waals surface area contributed by atoms with Crippen molar-refractivity contribution >= 4 is 60.4 Å². The molecule has 0 fully saturated rings. The molecule has 0 aliphatic carbocycles. The van der Waals surface area contributed by atoms with Crippen molar-refractivity contribution in [3.63, 3.8) is 0 Å². The van der Waals surface area contributed by atoms with Gasteiger partial charge in [0.1, 0.15) is 0 Å². The molecule has 2 nitrogen and oxygen atoms in total. The Kier molecular flexibility index (Phi) is 6.17. The summed E-state index contributed by atoms with van der Waals surface area (Å²) in [6.07, 6.45) is 0. The highest BCUT2D eigenvalue weighted by atomic mass is 15.1. The molecule has 216 valence electrons. The molecule has 9 rings (SSSR count). The van der Waals surface area contributed by atoms with Crippen molar-refractivity contribution in [3.8, 4) is 16.8 Å². The molecule has 0 aliphatic rings.